The molecule has 0 aliphatic rings. The van der Waals surface area contributed by atoms with Crippen LogP contribution >= 0.6 is 12.2 Å². The van der Waals surface area contributed by atoms with E-state index < -0.39 is 0 Å². The van der Waals surface area contributed by atoms with Crippen molar-refractivity contribution in [3.63, 3.8) is 0 Å². The van der Waals surface area contributed by atoms with Crippen molar-refractivity contribution in [1.82, 2.24) is 0 Å². The van der Waals surface area contributed by atoms with Crippen LogP contribution in [0.2, 0.25) is 0 Å². The minimum absolute atomic E-state index is 0.0117. The van der Waals surface area contributed by atoms with E-state index in [1.165, 1.54) is 5.56 Å². The van der Waals surface area contributed by atoms with E-state index >= 15 is 0 Å². The summed E-state index contributed by atoms with van der Waals surface area (Å²) < 4.78 is 0. The van der Waals surface area contributed by atoms with Crippen molar-refractivity contribution in [1.29, 1.82) is 5.26 Å². The number of hydrogen-bond donors (Lipinski definition) is 2. The number of anilines is 1. The molecule has 0 aliphatic carbocycles. The molecule has 4 nitrogen and oxygen atoms in total. The van der Waals surface area contributed by atoms with Crippen LogP contribution in [0, 0.1) is 32.1 Å². The lowest BCUT2D eigenvalue weighted by atomic mass is 10.1. The molecule has 0 radical (unpaired) electrons. The molecule has 3 N–H and O–H groups in total. The monoisotopic (exact) mass is 246 g/mol. The zero-order chi connectivity index (χ0) is 13.0. The zero-order valence-electron chi connectivity index (χ0n) is 10.0. The molecule has 88 valence electrons. The number of nitrogens with zero attached hydrogens (tertiary/aromatic N) is 2. The Kier molecular flexibility index (Phi) is 4.18. The van der Waals surface area contributed by atoms with Crippen molar-refractivity contribution < 1.29 is 0 Å². The average Bonchev–Trinajstić information content (AvgIpc) is 2.21. The Bertz CT molecular complexity index is 503. The minimum atomic E-state index is -0.0117. The predicted molar refractivity (Wildman–Crippen MR) is 74.1 cm³/mol. The van der Waals surface area contributed by atoms with E-state index in [0.29, 0.717) is 0 Å². The molecule has 17 heavy (non-hydrogen) atoms. The molecule has 0 saturated carbocycles. The summed E-state index contributed by atoms with van der Waals surface area (Å²) in [4.78, 5) is -0.0117. The van der Waals surface area contributed by atoms with Crippen LogP contribution in [-0.2, 0) is 0 Å². The lowest BCUT2D eigenvalue weighted by Gasteiger charge is -2.10. The molecular formula is C12H14N4S. The molecular weight excluding hydrogens is 232 g/mol. The highest BCUT2D eigenvalue weighted by atomic mass is 32.1. The van der Waals surface area contributed by atoms with Gasteiger partial charge in [-0.1, -0.05) is 29.9 Å². The lowest BCUT2D eigenvalue weighted by molar-refractivity contribution is 1.25. The summed E-state index contributed by atoms with van der Waals surface area (Å²) in [7, 11) is 0. The van der Waals surface area contributed by atoms with Crippen molar-refractivity contribution in [3.8, 4) is 6.07 Å². The molecule has 1 rings (SSSR count). The van der Waals surface area contributed by atoms with Gasteiger partial charge in [0.15, 0.2) is 5.71 Å². The highest BCUT2D eigenvalue weighted by Crippen LogP contribution is 2.21. The van der Waals surface area contributed by atoms with Gasteiger partial charge in [0.1, 0.15) is 11.1 Å². The standard InChI is InChI=1S/C12H14N4S/c1-7-4-8(2)11(9(3)5-7)16-15-10(6-13)12(14)17/h4-5,16H,1-3H3,(H2,14,17)/b15-10+. The van der Waals surface area contributed by atoms with Crippen molar-refractivity contribution in [2.75, 3.05) is 5.43 Å². The second kappa shape index (κ2) is 5.41. The van der Waals surface area contributed by atoms with Crippen LogP contribution in [-0.4, -0.2) is 10.7 Å². The molecule has 0 bridgehead atoms. The van der Waals surface area contributed by atoms with Gasteiger partial charge >= 0.3 is 0 Å². The number of benzene rings is 1. The third-order valence-electron chi connectivity index (χ3n) is 2.30. The molecule has 1 aromatic rings. The summed E-state index contributed by atoms with van der Waals surface area (Å²) >= 11 is 4.70. The van der Waals surface area contributed by atoms with E-state index in [4.69, 9.17) is 23.2 Å². The van der Waals surface area contributed by atoms with Crippen LogP contribution < -0.4 is 11.2 Å². The maximum absolute atomic E-state index is 8.77. The molecule has 0 saturated heterocycles. The molecule has 0 spiro atoms. The summed E-state index contributed by atoms with van der Waals surface area (Å²) in [6, 6.07) is 5.92. The maximum atomic E-state index is 8.77. The summed E-state index contributed by atoms with van der Waals surface area (Å²) in [5, 5.41) is 12.7. The Balaban J connectivity index is 3.05. The van der Waals surface area contributed by atoms with E-state index in [-0.39, 0.29) is 10.7 Å². The quantitative estimate of drug-likeness (QED) is 0.487. The summed E-state index contributed by atoms with van der Waals surface area (Å²) in [5.41, 5.74) is 12.4. The molecule has 0 aromatic heterocycles. The van der Waals surface area contributed by atoms with E-state index in [0.717, 1.165) is 16.8 Å². The number of aryl methyl sites for hydroxylation is 3. The first-order valence-corrected chi connectivity index (χ1v) is 5.48. The van der Waals surface area contributed by atoms with Crippen LogP contribution in [0.4, 0.5) is 5.69 Å². The number of hydrazone groups is 1. The van der Waals surface area contributed by atoms with Gasteiger partial charge in [0.2, 0.25) is 0 Å². The molecule has 5 heteroatoms. The first-order chi connectivity index (χ1) is 7.95. The first-order valence-electron chi connectivity index (χ1n) is 5.07. The van der Waals surface area contributed by atoms with Crippen LogP contribution in [0.25, 0.3) is 0 Å². The maximum Gasteiger partial charge on any atom is 0.194 e. The number of thiocarbonyl (C=S) groups is 1. The normalized spacial score (nSPS) is 10.8. The molecule has 0 amide bonds. The zero-order valence-corrected chi connectivity index (χ0v) is 10.9. The highest BCUT2D eigenvalue weighted by Gasteiger charge is 2.05. The first kappa shape index (κ1) is 13.1. The number of nitrogens with two attached hydrogens (primary N) is 1. The predicted octanol–water partition coefficient (Wildman–Crippen LogP) is 2.19. The molecule has 1 aromatic carbocycles. The largest absolute Gasteiger partial charge is 0.387 e. The Hall–Kier alpha value is -1.93. The van der Waals surface area contributed by atoms with E-state index in [9.17, 15) is 0 Å². The molecule has 0 unspecified atom stereocenters. The second-order valence-electron chi connectivity index (χ2n) is 3.82. The van der Waals surface area contributed by atoms with Gasteiger partial charge in [0.05, 0.1) is 5.69 Å². The fourth-order valence-electron chi connectivity index (χ4n) is 1.60. The summed E-state index contributed by atoms with van der Waals surface area (Å²) in [6.07, 6.45) is 0. The SMILES string of the molecule is Cc1cc(C)c(N/N=C(\C#N)C(N)=S)c(C)c1. The van der Waals surface area contributed by atoms with Gasteiger partial charge < -0.3 is 5.73 Å². The molecule has 0 atom stereocenters. The number of rotatable bonds is 3. The van der Waals surface area contributed by atoms with Crippen molar-refractivity contribution in [3.05, 3.63) is 28.8 Å². The number of nitrogens with one attached hydrogen (secondary N) is 1. The fourth-order valence-corrected chi connectivity index (χ4v) is 1.69. The molecule has 0 heterocycles. The van der Waals surface area contributed by atoms with Gasteiger partial charge in [0.25, 0.3) is 0 Å². The Morgan fingerprint density at radius 1 is 1.35 bits per heavy atom. The smallest absolute Gasteiger partial charge is 0.194 e. The van der Waals surface area contributed by atoms with E-state index in [2.05, 4.69) is 10.5 Å². The number of nitriles is 1. The average molecular weight is 246 g/mol. The third-order valence-corrected chi connectivity index (χ3v) is 2.49. The van der Waals surface area contributed by atoms with Gasteiger partial charge in [-0.25, -0.2) is 0 Å². The van der Waals surface area contributed by atoms with Crippen molar-refractivity contribution >= 4 is 28.6 Å². The van der Waals surface area contributed by atoms with Gasteiger partial charge in [-0.05, 0) is 31.9 Å². The summed E-state index contributed by atoms with van der Waals surface area (Å²) in [6.45, 7) is 5.98. The molecule has 0 fully saturated rings. The third kappa shape index (κ3) is 3.26. The van der Waals surface area contributed by atoms with E-state index in [1.54, 1.807) is 0 Å². The molecule has 0 aliphatic heterocycles. The van der Waals surface area contributed by atoms with Crippen LogP contribution in [0.5, 0.6) is 0 Å². The summed E-state index contributed by atoms with van der Waals surface area (Å²) in [5.74, 6) is 0. The van der Waals surface area contributed by atoms with Crippen LogP contribution in [0.15, 0.2) is 17.2 Å². The van der Waals surface area contributed by atoms with E-state index in [1.807, 2.05) is 39.0 Å². The van der Waals surface area contributed by atoms with Crippen molar-refractivity contribution in [2.45, 2.75) is 20.8 Å². The minimum Gasteiger partial charge on any atom is -0.387 e. The van der Waals surface area contributed by atoms with Gasteiger partial charge in [-0.15, -0.1) is 0 Å². The lowest BCUT2D eigenvalue weighted by Crippen LogP contribution is -2.20. The Morgan fingerprint density at radius 2 is 1.88 bits per heavy atom. The Morgan fingerprint density at radius 3 is 2.29 bits per heavy atom. The van der Waals surface area contributed by atoms with Gasteiger partial charge in [0, 0.05) is 0 Å². The topological polar surface area (TPSA) is 74.2 Å². The van der Waals surface area contributed by atoms with Crippen molar-refractivity contribution in [2.24, 2.45) is 10.8 Å². The fraction of sp³-hybridized carbons (Fsp3) is 0.250. The van der Waals surface area contributed by atoms with Crippen LogP contribution in [0.3, 0.4) is 0 Å². The Labute approximate surface area is 106 Å². The number of hydrogen-bond acceptors (Lipinski definition) is 4. The van der Waals surface area contributed by atoms with Gasteiger partial charge in [-0.3, -0.25) is 5.43 Å². The second-order valence-corrected chi connectivity index (χ2v) is 4.26. The van der Waals surface area contributed by atoms with Gasteiger partial charge in [-0.2, -0.15) is 10.4 Å². The van der Waals surface area contributed by atoms with Crippen LogP contribution in [0.1, 0.15) is 16.7 Å². The highest BCUT2D eigenvalue weighted by molar-refractivity contribution is 7.82.